The number of halogens is 2. The van der Waals surface area contributed by atoms with Crippen LogP contribution < -0.4 is 5.32 Å². The zero-order chi connectivity index (χ0) is 14.8. The fraction of sp³-hybridized carbons (Fsp3) is 0.625. The summed E-state index contributed by atoms with van der Waals surface area (Å²) < 4.78 is 28.2. The highest BCUT2D eigenvalue weighted by Crippen LogP contribution is 2.35. The van der Waals surface area contributed by atoms with Crippen molar-refractivity contribution in [3.8, 4) is 0 Å². The van der Waals surface area contributed by atoms with E-state index in [0.717, 1.165) is 25.9 Å². The fourth-order valence-electron chi connectivity index (χ4n) is 3.29. The predicted molar refractivity (Wildman–Crippen MR) is 77.7 cm³/mol. The topological polar surface area (TPSA) is 15.3 Å². The summed E-state index contributed by atoms with van der Waals surface area (Å²) in [5.74, 6) is -0.955. The molecular weight excluding hydrogens is 258 g/mol. The molecule has 1 aromatic rings. The van der Waals surface area contributed by atoms with Crippen LogP contribution in [-0.2, 0) is 0 Å². The van der Waals surface area contributed by atoms with Crippen LogP contribution in [0.1, 0.15) is 44.7 Å². The summed E-state index contributed by atoms with van der Waals surface area (Å²) in [7, 11) is 1.77. The van der Waals surface area contributed by atoms with Crippen LogP contribution in [0, 0.1) is 11.6 Å². The van der Waals surface area contributed by atoms with Crippen molar-refractivity contribution in [1.29, 1.82) is 0 Å². The first-order valence-electron chi connectivity index (χ1n) is 7.34. The molecule has 0 saturated carbocycles. The number of nitrogens with zero attached hydrogens (tertiary/aromatic N) is 1. The van der Waals surface area contributed by atoms with Gasteiger partial charge in [-0.2, -0.15) is 0 Å². The second-order valence-electron chi connectivity index (χ2n) is 6.06. The normalized spacial score (nSPS) is 19.1. The molecule has 1 atom stereocenters. The van der Waals surface area contributed by atoms with Gasteiger partial charge in [0, 0.05) is 11.1 Å². The maximum Gasteiger partial charge on any atom is 0.130 e. The Morgan fingerprint density at radius 1 is 1.10 bits per heavy atom. The van der Waals surface area contributed by atoms with Crippen LogP contribution in [0.15, 0.2) is 18.2 Å². The summed E-state index contributed by atoms with van der Waals surface area (Å²) in [6.07, 6.45) is 3.55. The van der Waals surface area contributed by atoms with Gasteiger partial charge in [-0.3, -0.25) is 4.90 Å². The lowest BCUT2D eigenvalue weighted by Gasteiger charge is -2.46. The van der Waals surface area contributed by atoms with Crippen LogP contribution >= 0.6 is 0 Å². The van der Waals surface area contributed by atoms with Gasteiger partial charge in [-0.25, -0.2) is 8.78 Å². The Bertz CT molecular complexity index is 434. The Morgan fingerprint density at radius 2 is 1.65 bits per heavy atom. The van der Waals surface area contributed by atoms with Crippen molar-refractivity contribution >= 4 is 0 Å². The Morgan fingerprint density at radius 3 is 2.15 bits per heavy atom. The van der Waals surface area contributed by atoms with Gasteiger partial charge in [0.1, 0.15) is 11.6 Å². The lowest BCUT2D eigenvalue weighted by molar-refractivity contribution is 0.0609. The SMILES string of the molecule is CNC(c1c(F)cccc1F)C(C)(C)N1CCCCC1. The van der Waals surface area contributed by atoms with Crippen molar-refractivity contribution in [2.24, 2.45) is 0 Å². The summed E-state index contributed by atoms with van der Waals surface area (Å²) >= 11 is 0. The monoisotopic (exact) mass is 282 g/mol. The van der Waals surface area contributed by atoms with Crippen molar-refractivity contribution in [2.45, 2.75) is 44.7 Å². The molecule has 0 radical (unpaired) electrons. The van der Waals surface area contributed by atoms with Crippen molar-refractivity contribution in [3.05, 3.63) is 35.4 Å². The first-order chi connectivity index (χ1) is 9.48. The van der Waals surface area contributed by atoms with E-state index in [1.807, 2.05) is 0 Å². The third kappa shape index (κ3) is 2.86. The molecular formula is C16H24F2N2. The highest BCUT2D eigenvalue weighted by atomic mass is 19.1. The molecule has 4 heteroatoms. The van der Waals surface area contributed by atoms with Gasteiger partial charge in [0.2, 0.25) is 0 Å². The first-order valence-corrected chi connectivity index (χ1v) is 7.34. The van der Waals surface area contributed by atoms with E-state index in [-0.39, 0.29) is 17.1 Å². The van der Waals surface area contributed by atoms with E-state index in [1.165, 1.54) is 24.6 Å². The highest BCUT2D eigenvalue weighted by Gasteiger charge is 2.38. The Balaban J connectivity index is 2.35. The average molecular weight is 282 g/mol. The van der Waals surface area contributed by atoms with E-state index in [1.54, 1.807) is 7.05 Å². The number of nitrogens with one attached hydrogen (secondary N) is 1. The van der Waals surface area contributed by atoms with Gasteiger partial charge in [0.05, 0.1) is 6.04 Å². The fourth-order valence-corrected chi connectivity index (χ4v) is 3.29. The largest absolute Gasteiger partial charge is 0.311 e. The molecule has 2 rings (SSSR count). The summed E-state index contributed by atoms with van der Waals surface area (Å²) in [5.41, 5.74) is -0.191. The van der Waals surface area contributed by atoms with Crippen LogP contribution in [0.4, 0.5) is 8.78 Å². The van der Waals surface area contributed by atoms with Crippen LogP contribution in [0.2, 0.25) is 0 Å². The molecule has 1 heterocycles. The number of hydrogen-bond acceptors (Lipinski definition) is 2. The number of rotatable bonds is 4. The van der Waals surface area contributed by atoms with Crippen LogP contribution in [0.25, 0.3) is 0 Å². The van der Waals surface area contributed by atoms with Crippen LogP contribution in [0.5, 0.6) is 0 Å². The molecule has 2 nitrogen and oxygen atoms in total. The number of likely N-dealkylation sites (tertiary alicyclic amines) is 1. The lowest BCUT2D eigenvalue weighted by atomic mass is 9.85. The molecule has 1 fully saturated rings. The molecule has 0 aliphatic carbocycles. The van der Waals surface area contributed by atoms with Gasteiger partial charge in [-0.1, -0.05) is 12.5 Å². The van der Waals surface area contributed by atoms with E-state index in [0.29, 0.717) is 0 Å². The lowest BCUT2D eigenvalue weighted by Crippen LogP contribution is -2.54. The third-order valence-corrected chi connectivity index (χ3v) is 4.45. The minimum Gasteiger partial charge on any atom is -0.311 e. The number of hydrogen-bond donors (Lipinski definition) is 1. The van der Waals surface area contributed by atoms with Crippen LogP contribution in [-0.4, -0.2) is 30.6 Å². The minimum absolute atomic E-state index is 0.144. The van der Waals surface area contributed by atoms with Crippen molar-refractivity contribution in [3.63, 3.8) is 0 Å². The van der Waals surface area contributed by atoms with Gasteiger partial charge in [-0.05, 0) is 59.0 Å². The van der Waals surface area contributed by atoms with Crippen molar-refractivity contribution < 1.29 is 8.78 Å². The first kappa shape index (κ1) is 15.4. The molecule has 112 valence electrons. The number of benzene rings is 1. The molecule has 1 N–H and O–H groups in total. The van der Waals surface area contributed by atoms with E-state index in [4.69, 9.17) is 0 Å². The van der Waals surface area contributed by atoms with Gasteiger partial charge in [0.15, 0.2) is 0 Å². The van der Waals surface area contributed by atoms with E-state index >= 15 is 0 Å². The molecule has 0 bridgehead atoms. The Kier molecular flexibility index (Phi) is 4.76. The molecule has 1 aromatic carbocycles. The smallest absolute Gasteiger partial charge is 0.130 e. The summed E-state index contributed by atoms with van der Waals surface area (Å²) in [6, 6.07) is 3.69. The van der Waals surface area contributed by atoms with E-state index < -0.39 is 11.6 Å². The maximum atomic E-state index is 14.1. The number of piperidine rings is 1. The van der Waals surface area contributed by atoms with Crippen molar-refractivity contribution in [2.75, 3.05) is 20.1 Å². The average Bonchev–Trinajstić information content (AvgIpc) is 2.43. The van der Waals surface area contributed by atoms with Gasteiger partial charge in [-0.15, -0.1) is 0 Å². The predicted octanol–water partition coefficient (Wildman–Crippen LogP) is 3.49. The highest BCUT2D eigenvalue weighted by molar-refractivity contribution is 5.26. The molecule has 1 saturated heterocycles. The maximum absolute atomic E-state index is 14.1. The Labute approximate surface area is 120 Å². The molecule has 0 spiro atoms. The zero-order valence-electron chi connectivity index (χ0n) is 12.5. The standard InChI is InChI=1S/C16H24F2N2/c1-16(2,20-10-5-4-6-11-20)15(19-3)14-12(17)8-7-9-13(14)18/h7-9,15,19H,4-6,10-11H2,1-3H3. The summed E-state index contributed by atoms with van der Waals surface area (Å²) in [5, 5.41) is 3.12. The minimum atomic E-state index is -0.477. The third-order valence-electron chi connectivity index (χ3n) is 4.45. The van der Waals surface area contributed by atoms with Gasteiger partial charge < -0.3 is 5.32 Å². The summed E-state index contributed by atoms with van der Waals surface area (Å²) in [4.78, 5) is 2.34. The molecule has 1 unspecified atom stereocenters. The quantitative estimate of drug-likeness (QED) is 0.909. The molecule has 1 aliphatic heterocycles. The van der Waals surface area contributed by atoms with Gasteiger partial charge >= 0.3 is 0 Å². The van der Waals surface area contributed by atoms with E-state index in [9.17, 15) is 8.78 Å². The summed E-state index contributed by atoms with van der Waals surface area (Å²) in [6.45, 7) is 6.10. The zero-order valence-corrected chi connectivity index (χ0v) is 12.5. The Hall–Kier alpha value is -1.00. The van der Waals surface area contributed by atoms with Crippen LogP contribution in [0.3, 0.4) is 0 Å². The van der Waals surface area contributed by atoms with Gasteiger partial charge in [0.25, 0.3) is 0 Å². The number of likely N-dealkylation sites (N-methyl/N-ethyl adjacent to an activating group) is 1. The molecule has 0 amide bonds. The van der Waals surface area contributed by atoms with Crippen molar-refractivity contribution in [1.82, 2.24) is 10.2 Å². The van der Waals surface area contributed by atoms with E-state index in [2.05, 4.69) is 24.1 Å². The molecule has 1 aliphatic rings. The second kappa shape index (κ2) is 6.19. The molecule has 0 aromatic heterocycles. The molecule has 20 heavy (non-hydrogen) atoms. The second-order valence-corrected chi connectivity index (χ2v) is 6.06.